The van der Waals surface area contributed by atoms with E-state index in [1.807, 2.05) is 0 Å². The SMILES string of the molecule is CC(=O)c1cn(CC(=O)N2CS(C)(C)C[C@H]2C(=O)NCc2cccc(Cl)c2F)c2ccc(OC(=O)N3CCOCC3)cc12. The summed E-state index contributed by atoms with van der Waals surface area (Å²) in [6.45, 7) is 3.04. The van der Waals surface area contributed by atoms with Gasteiger partial charge in [-0.2, -0.15) is 0 Å². The van der Waals surface area contributed by atoms with Crippen LogP contribution in [0.1, 0.15) is 22.8 Å². The maximum absolute atomic E-state index is 14.4. The molecule has 2 aliphatic heterocycles. The van der Waals surface area contributed by atoms with Crippen LogP contribution in [-0.4, -0.2) is 94.5 Å². The number of nitrogens with zero attached hydrogens (tertiary/aromatic N) is 3. The normalized spacial score (nSPS) is 18.9. The highest BCUT2D eigenvalue weighted by molar-refractivity contribution is 8.32. The predicted octanol–water partition coefficient (Wildman–Crippen LogP) is 4.02. The van der Waals surface area contributed by atoms with Crippen LogP contribution < -0.4 is 10.1 Å². The van der Waals surface area contributed by atoms with Crippen molar-refractivity contribution in [1.82, 2.24) is 19.7 Å². The summed E-state index contributed by atoms with van der Waals surface area (Å²) in [5.41, 5.74) is 1.26. The highest BCUT2D eigenvalue weighted by Crippen LogP contribution is 2.47. The average molecular weight is 633 g/mol. The number of nitrogens with one attached hydrogen (secondary N) is 1. The van der Waals surface area contributed by atoms with Gasteiger partial charge in [-0.25, -0.2) is 19.2 Å². The molecule has 0 aliphatic carbocycles. The Labute approximate surface area is 255 Å². The second-order valence-electron chi connectivity index (χ2n) is 11.2. The first-order valence-corrected chi connectivity index (χ1v) is 17.0. The van der Waals surface area contributed by atoms with E-state index in [1.165, 1.54) is 13.0 Å². The highest BCUT2D eigenvalue weighted by Gasteiger charge is 2.41. The number of carbonyl (C=O) groups excluding carboxylic acids is 4. The second-order valence-corrected chi connectivity index (χ2v) is 15.8. The molecule has 2 saturated heterocycles. The monoisotopic (exact) mass is 632 g/mol. The van der Waals surface area contributed by atoms with Crippen molar-refractivity contribution in [3.63, 3.8) is 0 Å². The van der Waals surface area contributed by atoms with E-state index in [4.69, 9.17) is 21.1 Å². The minimum Gasteiger partial charge on any atom is -0.410 e. The number of amides is 3. The van der Waals surface area contributed by atoms with Gasteiger partial charge in [-0.1, -0.05) is 23.7 Å². The number of halogens is 2. The van der Waals surface area contributed by atoms with E-state index in [0.717, 1.165) is 0 Å². The molecule has 10 nitrogen and oxygen atoms in total. The van der Waals surface area contributed by atoms with Crippen molar-refractivity contribution in [2.75, 3.05) is 50.4 Å². The molecule has 0 saturated carbocycles. The lowest BCUT2D eigenvalue weighted by molar-refractivity contribution is -0.138. The minimum atomic E-state index is -1.28. The molecule has 3 amide bonds. The van der Waals surface area contributed by atoms with Crippen LogP contribution in [0.25, 0.3) is 10.9 Å². The average Bonchev–Trinajstić information content (AvgIpc) is 3.50. The fraction of sp³-hybridized carbons (Fsp3) is 0.400. The number of morpholine rings is 1. The lowest BCUT2D eigenvalue weighted by Gasteiger charge is -2.26. The molecule has 43 heavy (non-hydrogen) atoms. The molecule has 0 radical (unpaired) electrons. The number of aromatic nitrogens is 1. The molecule has 0 bridgehead atoms. The quantitative estimate of drug-likeness (QED) is 0.394. The number of hydrogen-bond acceptors (Lipinski definition) is 6. The van der Waals surface area contributed by atoms with Crippen molar-refractivity contribution < 1.29 is 33.0 Å². The fourth-order valence-electron chi connectivity index (χ4n) is 5.38. The van der Waals surface area contributed by atoms with E-state index in [-0.39, 0.29) is 47.0 Å². The Balaban J connectivity index is 1.33. The zero-order valence-electron chi connectivity index (χ0n) is 24.2. The smallest absolute Gasteiger partial charge is 0.410 e. The molecule has 5 rings (SSSR count). The summed E-state index contributed by atoms with van der Waals surface area (Å²) < 4.78 is 26.9. The van der Waals surface area contributed by atoms with E-state index in [0.29, 0.717) is 54.4 Å². The first kappa shape index (κ1) is 30.8. The number of Topliss-reactive ketones (excluding diaryl/α,β-unsaturated/α-hetero) is 1. The van der Waals surface area contributed by atoms with E-state index < -0.39 is 28.0 Å². The maximum Gasteiger partial charge on any atom is 0.415 e. The van der Waals surface area contributed by atoms with Crippen molar-refractivity contribution in [2.24, 2.45) is 0 Å². The Bertz CT molecular complexity index is 1590. The molecule has 230 valence electrons. The molecular formula is C30H34ClFN4O6S. The molecule has 2 aliphatic rings. The number of ketones is 1. The number of rotatable bonds is 7. The summed E-state index contributed by atoms with van der Waals surface area (Å²) in [6.07, 6.45) is 5.25. The van der Waals surface area contributed by atoms with Gasteiger partial charge in [0.05, 0.1) is 24.1 Å². The van der Waals surface area contributed by atoms with Crippen LogP contribution in [0.4, 0.5) is 9.18 Å². The van der Waals surface area contributed by atoms with Crippen molar-refractivity contribution in [1.29, 1.82) is 0 Å². The van der Waals surface area contributed by atoms with E-state index in [1.54, 1.807) is 50.9 Å². The van der Waals surface area contributed by atoms with Gasteiger partial charge in [-0.05, 0) is 43.7 Å². The topological polar surface area (TPSA) is 110 Å². The number of fused-ring (bicyclic) bond motifs is 1. The molecule has 1 atom stereocenters. The predicted molar refractivity (Wildman–Crippen MR) is 163 cm³/mol. The van der Waals surface area contributed by atoms with Crippen LogP contribution in [0.2, 0.25) is 5.02 Å². The Morgan fingerprint density at radius 2 is 1.88 bits per heavy atom. The number of hydrogen-bond donors (Lipinski definition) is 1. The standard InChI is InChI=1S/C30H34ClFN4O6S/c1-19(37)23-15-35(25-8-7-21(13-22(23)25)42-30(40)34-9-11-41-12-10-34)16-27(38)36-18-43(2,3)17-26(36)29(39)33-14-20-5-4-6-24(31)28(20)32/h4-8,13,15,26H,9-12,14,16-18H2,1-3H3,(H,33,39)/t26-/m0/s1. The van der Waals surface area contributed by atoms with Gasteiger partial charge < -0.3 is 29.2 Å². The summed E-state index contributed by atoms with van der Waals surface area (Å²) in [5, 5.41) is 3.30. The molecule has 3 aromatic rings. The Hall–Kier alpha value is -3.61. The Morgan fingerprint density at radius 1 is 1.14 bits per heavy atom. The molecule has 1 N–H and O–H groups in total. The van der Waals surface area contributed by atoms with Crippen LogP contribution in [-0.2, 0) is 27.4 Å². The van der Waals surface area contributed by atoms with Crippen LogP contribution in [0.3, 0.4) is 0 Å². The van der Waals surface area contributed by atoms with Gasteiger partial charge in [0.2, 0.25) is 11.8 Å². The summed E-state index contributed by atoms with van der Waals surface area (Å²) in [4.78, 5) is 55.2. The maximum atomic E-state index is 14.4. The number of benzene rings is 2. The summed E-state index contributed by atoms with van der Waals surface area (Å²) >= 11 is 5.87. The second kappa shape index (κ2) is 12.6. The largest absolute Gasteiger partial charge is 0.415 e. The molecule has 0 unspecified atom stereocenters. The van der Waals surface area contributed by atoms with Gasteiger partial charge in [0.1, 0.15) is 24.2 Å². The lowest BCUT2D eigenvalue weighted by atomic mass is 10.1. The van der Waals surface area contributed by atoms with Crippen LogP contribution in [0, 0.1) is 5.82 Å². The van der Waals surface area contributed by atoms with Gasteiger partial charge in [-0.15, -0.1) is 0 Å². The van der Waals surface area contributed by atoms with Crippen molar-refractivity contribution in [3.05, 3.63) is 64.6 Å². The summed E-state index contributed by atoms with van der Waals surface area (Å²) in [5.74, 6) is -0.184. The van der Waals surface area contributed by atoms with Crippen LogP contribution in [0.5, 0.6) is 5.75 Å². The third kappa shape index (κ3) is 6.81. The van der Waals surface area contributed by atoms with E-state index >= 15 is 0 Å². The molecule has 2 aromatic carbocycles. The Kier molecular flexibility index (Phi) is 9.00. The van der Waals surface area contributed by atoms with Gasteiger partial charge in [-0.3, -0.25) is 14.4 Å². The minimum absolute atomic E-state index is 0.0266. The van der Waals surface area contributed by atoms with Crippen LogP contribution in [0.15, 0.2) is 42.6 Å². The first-order valence-electron chi connectivity index (χ1n) is 13.8. The zero-order valence-corrected chi connectivity index (χ0v) is 25.8. The number of carbonyl (C=O) groups is 4. The van der Waals surface area contributed by atoms with Gasteiger partial charge in [0, 0.05) is 53.6 Å². The molecule has 3 heterocycles. The summed E-state index contributed by atoms with van der Waals surface area (Å²) in [6, 6.07) is 8.85. The van der Waals surface area contributed by atoms with E-state index in [2.05, 4.69) is 17.8 Å². The van der Waals surface area contributed by atoms with Gasteiger partial charge in [0.15, 0.2) is 5.78 Å². The highest BCUT2D eigenvalue weighted by atomic mass is 35.5. The lowest BCUT2D eigenvalue weighted by Crippen LogP contribution is -2.48. The van der Waals surface area contributed by atoms with E-state index in [9.17, 15) is 23.6 Å². The molecule has 13 heteroatoms. The third-order valence-corrected chi connectivity index (χ3v) is 10.1. The van der Waals surface area contributed by atoms with Crippen molar-refractivity contribution >= 4 is 56.2 Å². The fourth-order valence-corrected chi connectivity index (χ4v) is 7.95. The third-order valence-electron chi connectivity index (χ3n) is 7.59. The van der Waals surface area contributed by atoms with Crippen LogP contribution >= 0.6 is 21.6 Å². The molecular weight excluding hydrogens is 599 g/mol. The first-order chi connectivity index (χ1) is 20.4. The number of ether oxygens (including phenoxy) is 2. The molecule has 2 fully saturated rings. The van der Waals surface area contributed by atoms with Crippen molar-refractivity contribution in [2.45, 2.75) is 26.1 Å². The van der Waals surface area contributed by atoms with Crippen molar-refractivity contribution in [3.8, 4) is 5.75 Å². The zero-order chi connectivity index (χ0) is 30.9. The Morgan fingerprint density at radius 3 is 2.60 bits per heavy atom. The van der Waals surface area contributed by atoms with Gasteiger partial charge in [0.25, 0.3) is 0 Å². The molecule has 1 aromatic heterocycles. The van der Waals surface area contributed by atoms with Gasteiger partial charge >= 0.3 is 6.09 Å². The summed E-state index contributed by atoms with van der Waals surface area (Å²) in [7, 11) is -1.28. The molecule has 0 spiro atoms.